The molecule has 3 nitrogen and oxygen atoms in total. The molecule has 2 heterocycles. The Morgan fingerprint density at radius 3 is 1.80 bits per heavy atom. The third-order valence-electron chi connectivity index (χ3n) is 11.9. The van der Waals surface area contributed by atoms with Crippen molar-refractivity contribution in [3.8, 4) is 27.9 Å². The fourth-order valence-corrected chi connectivity index (χ4v) is 9.15. The second-order valence-corrected chi connectivity index (χ2v) is 15.4. The number of furan rings is 1. The Bertz CT molecular complexity index is 3560. The molecule has 0 fully saturated rings. The number of benzene rings is 10. The summed E-state index contributed by atoms with van der Waals surface area (Å²) in [5.74, 6) is 0. The topological polar surface area (TPSA) is 21.3 Å². The van der Waals surface area contributed by atoms with E-state index in [0.717, 1.165) is 61.3 Å². The molecule has 59 heavy (non-hydrogen) atoms. The van der Waals surface area contributed by atoms with Gasteiger partial charge in [-0.25, -0.2) is 0 Å². The number of rotatable bonds is 6. The summed E-state index contributed by atoms with van der Waals surface area (Å²) in [5.41, 5.74) is 13.0. The number of anilines is 3. The Balaban J connectivity index is 1.15. The summed E-state index contributed by atoms with van der Waals surface area (Å²) in [6.45, 7) is 0. The first-order chi connectivity index (χ1) is 29.2. The van der Waals surface area contributed by atoms with Crippen LogP contribution in [0.15, 0.2) is 223 Å². The zero-order chi connectivity index (χ0) is 38.9. The predicted octanol–water partition coefficient (Wildman–Crippen LogP) is 15.8. The normalized spacial score (nSPS) is 11.7. The highest BCUT2D eigenvalue weighted by Gasteiger charge is 2.21. The molecule has 12 aromatic rings. The maximum Gasteiger partial charge on any atom is 0.136 e. The maximum absolute atomic E-state index is 6.53. The van der Waals surface area contributed by atoms with E-state index in [9.17, 15) is 0 Å². The summed E-state index contributed by atoms with van der Waals surface area (Å²) >= 11 is 0. The lowest BCUT2D eigenvalue weighted by atomic mass is 9.95. The molecule has 0 atom stereocenters. The van der Waals surface area contributed by atoms with Crippen LogP contribution in [-0.4, -0.2) is 4.57 Å². The quantitative estimate of drug-likeness (QED) is 0.169. The lowest BCUT2D eigenvalue weighted by Gasteiger charge is -2.27. The summed E-state index contributed by atoms with van der Waals surface area (Å²) in [6.07, 6.45) is 0. The van der Waals surface area contributed by atoms with Crippen LogP contribution >= 0.6 is 0 Å². The van der Waals surface area contributed by atoms with Crippen LogP contribution in [-0.2, 0) is 0 Å². The van der Waals surface area contributed by atoms with Gasteiger partial charge in [0, 0.05) is 44.3 Å². The molecule has 0 unspecified atom stereocenters. The average Bonchev–Trinajstić information content (AvgIpc) is 3.85. The molecule has 0 radical (unpaired) electrons. The van der Waals surface area contributed by atoms with Crippen molar-refractivity contribution in [3.05, 3.63) is 218 Å². The third kappa shape index (κ3) is 5.51. The molecule has 12 rings (SSSR count). The molecular formula is C56H36N2O. The Morgan fingerprint density at radius 2 is 0.949 bits per heavy atom. The van der Waals surface area contributed by atoms with Gasteiger partial charge in [0.05, 0.1) is 11.0 Å². The smallest absolute Gasteiger partial charge is 0.136 e. The van der Waals surface area contributed by atoms with Gasteiger partial charge >= 0.3 is 0 Å². The zero-order valence-electron chi connectivity index (χ0n) is 32.1. The number of hydrogen-bond acceptors (Lipinski definition) is 2. The van der Waals surface area contributed by atoms with E-state index in [1.807, 2.05) is 0 Å². The van der Waals surface area contributed by atoms with E-state index in [4.69, 9.17) is 4.42 Å². The Kier molecular flexibility index (Phi) is 7.54. The number of para-hydroxylation sites is 2. The van der Waals surface area contributed by atoms with Gasteiger partial charge in [-0.3, -0.25) is 0 Å². The lowest BCUT2D eigenvalue weighted by Crippen LogP contribution is -2.10. The highest BCUT2D eigenvalue weighted by molar-refractivity contribution is 6.19. The molecule has 0 N–H and O–H groups in total. The van der Waals surface area contributed by atoms with E-state index >= 15 is 0 Å². The van der Waals surface area contributed by atoms with E-state index < -0.39 is 0 Å². The van der Waals surface area contributed by atoms with Crippen LogP contribution in [0.3, 0.4) is 0 Å². The zero-order valence-corrected chi connectivity index (χ0v) is 32.1. The molecule has 0 spiro atoms. The highest BCUT2D eigenvalue weighted by atomic mass is 16.3. The van der Waals surface area contributed by atoms with Crippen molar-refractivity contribution in [1.82, 2.24) is 4.57 Å². The second kappa shape index (κ2) is 13.4. The summed E-state index contributed by atoms with van der Waals surface area (Å²) in [6, 6.07) is 79.0. The second-order valence-electron chi connectivity index (χ2n) is 15.4. The van der Waals surface area contributed by atoms with Gasteiger partial charge in [-0.2, -0.15) is 0 Å². The van der Waals surface area contributed by atoms with Gasteiger partial charge in [0.25, 0.3) is 0 Å². The van der Waals surface area contributed by atoms with E-state index in [0.29, 0.717) is 0 Å². The predicted molar refractivity (Wildman–Crippen MR) is 249 cm³/mol. The molecule has 0 bridgehead atoms. The lowest BCUT2D eigenvalue weighted by molar-refractivity contribution is 0.669. The largest absolute Gasteiger partial charge is 0.456 e. The molecule has 0 aliphatic carbocycles. The van der Waals surface area contributed by atoms with Crippen molar-refractivity contribution in [2.45, 2.75) is 0 Å². The SMILES string of the molecule is c1ccc(-c2cc(-c3ccc4ccccc4c3)cc(N(c3ccc4oc5ccc6ccccc6c5c4c3)c3ccc4c5ccccc5n(-c5ccccc5)c4c3)c2)cc1. The van der Waals surface area contributed by atoms with Crippen LogP contribution in [0.25, 0.3) is 93.2 Å². The van der Waals surface area contributed by atoms with Crippen molar-refractivity contribution in [3.63, 3.8) is 0 Å². The summed E-state index contributed by atoms with van der Waals surface area (Å²) in [4.78, 5) is 2.42. The summed E-state index contributed by atoms with van der Waals surface area (Å²) in [7, 11) is 0. The Hall–Kier alpha value is -7.88. The van der Waals surface area contributed by atoms with Crippen molar-refractivity contribution < 1.29 is 4.42 Å². The van der Waals surface area contributed by atoms with Gasteiger partial charge in [-0.15, -0.1) is 0 Å². The fourth-order valence-electron chi connectivity index (χ4n) is 9.15. The highest BCUT2D eigenvalue weighted by Crippen LogP contribution is 2.45. The van der Waals surface area contributed by atoms with Crippen LogP contribution in [0.5, 0.6) is 0 Å². The fraction of sp³-hybridized carbons (Fsp3) is 0. The van der Waals surface area contributed by atoms with Gasteiger partial charge in [0.1, 0.15) is 11.2 Å². The first-order valence-corrected chi connectivity index (χ1v) is 20.2. The van der Waals surface area contributed by atoms with Gasteiger partial charge in [0.15, 0.2) is 0 Å². The van der Waals surface area contributed by atoms with Crippen molar-refractivity contribution in [2.75, 3.05) is 4.90 Å². The number of hydrogen-bond donors (Lipinski definition) is 0. The minimum Gasteiger partial charge on any atom is -0.456 e. The summed E-state index contributed by atoms with van der Waals surface area (Å²) < 4.78 is 8.92. The first-order valence-electron chi connectivity index (χ1n) is 20.2. The minimum atomic E-state index is 0.870. The molecule has 0 aliphatic heterocycles. The third-order valence-corrected chi connectivity index (χ3v) is 11.9. The number of nitrogens with zero attached hydrogens (tertiary/aromatic N) is 2. The first kappa shape index (κ1) is 33.3. The van der Waals surface area contributed by atoms with Gasteiger partial charge < -0.3 is 13.9 Å². The van der Waals surface area contributed by atoms with Gasteiger partial charge in [-0.1, -0.05) is 140 Å². The minimum absolute atomic E-state index is 0.870. The molecule has 0 amide bonds. The van der Waals surface area contributed by atoms with Crippen molar-refractivity contribution in [2.24, 2.45) is 0 Å². The van der Waals surface area contributed by atoms with E-state index in [2.05, 4.69) is 228 Å². The van der Waals surface area contributed by atoms with E-state index in [1.54, 1.807) is 0 Å². The molecule has 0 aliphatic rings. The van der Waals surface area contributed by atoms with Gasteiger partial charge in [0.2, 0.25) is 0 Å². The number of fused-ring (bicyclic) bond motifs is 9. The van der Waals surface area contributed by atoms with Gasteiger partial charge in [-0.05, 0) is 123 Å². The maximum atomic E-state index is 6.53. The van der Waals surface area contributed by atoms with Crippen molar-refractivity contribution in [1.29, 1.82) is 0 Å². The van der Waals surface area contributed by atoms with Crippen molar-refractivity contribution >= 4 is 82.4 Å². The molecule has 276 valence electrons. The molecule has 10 aromatic carbocycles. The van der Waals surface area contributed by atoms with Crippen LogP contribution < -0.4 is 4.90 Å². The Labute approximate surface area is 341 Å². The van der Waals surface area contributed by atoms with E-state index in [1.165, 1.54) is 49.0 Å². The molecule has 0 saturated carbocycles. The number of aromatic nitrogens is 1. The molecule has 2 aromatic heterocycles. The standard InChI is InChI=1S/C56H36N2O/c1-3-13-37(14-4-1)42-32-43(41-24-23-38-15-7-8-17-40(38)31-41)34-47(33-42)57(45-27-30-54-51(35-45)56-48-20-10-9-16-39(48)25-29-55(56)59-54)46-26-28-50-49-21-11-12-22-52(49)58(53(50)36-46)44-18-5-2-6-19-44/h1-36H. The van der Waals surface area contributed by atoms with E-state index in [-0.39, 0.29) is 0 Å². The van der Waals surface area contributed by atoms with Crippen LogP contribution in [0.1, 0.15) is 0 Å². The monoisotopic (exact) mass is 752 g/mol. The Morgan fingerprint density at radius 1 is 0.322 bits per heavy atom. The van der Waals surface area contributed by atoms with Crippen LogP contribution in [0.2, 0.25) is 0 Å². The van der Waals surface area contributed by atoms with Crippen LogP contribution in [0, 0.1) is 0 Å². The van der Waals surface area contributed by atoms with Crippen LogP contribution in [0.4, 0.5) is 17.1 Å². The summed E-state index contributed by atoms with van der Waals surface area (Å²) in [5, 5.41) is 9.50. The molecular weight excluding hydrogens is 717 g/mol. The average molecular weight is 753 g/mol. The molecule has 0 saturated heterocycles. The molecule has 3 heteroatoms.